The molecule has 1 atom stereocenters. The van der Waals surface area contributed by atoms with Crippen LogP contribution in [0.5, 0.6) is 0 Å². The van der Waals surface area contributed by atoms with Gasteiger partial charge in [-0.25, -0.2) is 14.8 Å². The number of benzene rings is 1. The van der Waals surface area contributed by atoms with Gasteiger partial charge in [0.05, 0.1) is 10.8 Å². The molecule has 0 aliphatic heterocycles. The Hall–Kier alpha value is -2.15. The molecule has 0 aliphatic rings. The lowest BCUT2D eigenvalue weighted by molar-refractivity contribution is -0.120. The number of rotatable bonds is 4. The Morgan fingerprint density at radius 1 is 1.23 bits per heavy atom. The van der Waals surface area contributed by atoms with E-state index in [0.717, 1.165) is 15.9 Å². The lowest BCUT2D eigenvalue weighted by Crippen LogP contribution is -2.42. The Kier molecular flexibility index (Phi) is 4.97. The molecule has 2 rings (SSSR count). The van der Waals surface area contributed by atoms with Crippen LogP contribution in [0.2, 0.25) is 0 Å². The zero-order chi connectivity index (χ0) is 16.3. The summed E-state index contributed by atoms with van der Waals surface area (Å²) in [7, 11) is 0. The topological polar surface area (TPSA) is 98.0 Å². The van der Waals surface area contributed by atoms with Crippen molar-refractivity contribution in [2.24, 2.45) is 11.7 Å². The molecule has 6 nitrogen and oxygen atoms in total. The summed E-state index contributed by atoms with van der Waals surface area (Å²) in [6.07, 6.45) is 0. The molecule has 3 N–H and O–H groups in total. The van der Waals surface area contributed by atoms with E-state index in [1.54, 1.807) is 0 Å². The highest BCUT2D eigenvalue weighted by Gasteiger charge is 2.26. The van der Waals surface area contributed by atoms with Crippen molar-refractivity contribution in [3.05, 3.63) is 30.1 Å². The van der Waals surface area contributed by atoms with Crippen LogP contribution in [0.4, 0.5) is 4.79 Å². The number of nitrogens with one attached hydrogen (secondary N) is 1. The second-order valence-corrected chi connectivity index (χ2v) is 6.36. The van der Waals surface area contributed by atoms with E-state index in [1.165, 1.54) is 11.8 Å². The largest absolute Gasteiger partial charge is 0.351 e. The molecule has 1 aromatic heterocycles. The number of carbonyl (C=O) groups is 2. The molecule has 1 aromatic carbocycles. The highest BCUT2D eigenvalue weighted by molar-refractivity contribution is 8.00. The summed E-state index contributed by atoms with van der Waals surface area (Å²) < 4.78 is 0. The van der Waals surface area contributed by atoms with Gasteiger partial charge in [0, 0.05) is 5.39 Å². The van der Waals surface area contributed by atoms with Crippen LogP contribution in [-0.2, 0) is 4.79 Å². The zero-order valence-corrected chi connectivity index (χ0v) is 13.5. The van der Waals surface area contributed by atoms with Crippen LogP contribution in [0.15, 0.2) is 29.3 Å². The van der Waals surface area contributed by atoms with Gasteiger partial charge >= 0.3 is 6.03 Å². The number of hydrogen-bond acceptors (Lipinski definition) is 5. The minimum Gasteiger partial charge on any atom is -0.351 e. The molecule has 0 aliphatic carbocycles. The average molecular weight is 318 g/mol. The Balaban J connectivity index is 2.38. The maximum Gasteiger partial charge on any atom is 0.318 e. The third kappa shape index (κ3) is 3.73. The van der Waals surface area contributed by atoms with Gasteiger partial charge in [-0.2, -0.15) is 0 Å². The fraction of sp³-hybridized carbons (Fsp3) is 0.333. The van der Waals surface area contributed by atoms with Crippen LogP contribution >= 0.6 is 11.8 Å². The Labute approximate surface area is 132 Å². The number of hydrogen-bond donors (Lipinski definition) is 2. The van der Waals surface area contributed by atoms with Crippen molar-refractivity contribution in [2.45, 2.75) is 31.0 Å². The molecule has 116 valence electrons. The Morgan fingerprint density at radius 2 is 1.91 bits per heavy atom. The van der Waals surface area contributed by atoms with Gasteiger partial charge in [-0.15, -0.1) is 0 Å². The van der Waals surface area contributed by atoms with Gasteiger partial charge < -0.3 is 5.73 Å². The normalized spacial score (nSPS) is 12.4. The summed E-state index contributed by atoms with van der Waals surface area (Å²) in [6.45, 7) is 5.63. The number of primary amides is 1. The van der Waals surface area contributed by atoms with Gasteiger partial charge in [-0.1, -0.05) is 43.8 Å². The van der Waals surface area contributed by atoms with E-state index in [1.807, 2.05) is 45.0 Å². The minimum absolute atomic E-state index is 0.0124. The van der Waals surface area contributed by atoms with Crippen LogP contribution < -0.4 is 11.1 Å². The second-order valence-electron chi connectivity index (χ2n) is 5.23. The third-order valence-corrected chi connectivity index (χ3v) is 4.58. The average Bonchev–Trinajstić information content (AvgIpc) is 2.43. The number of amides is 3. The van der Waals surface area contributed by atoms with Crippen LogP contribution in [-0.4, -0.2) is 27.2 Å². The standard InChI is InChI=1S/C15H18N4O2S/c1-8(2)12(13(20)19-15(16)21)22-14-10-6-4-5-7-11(10)17-9(3)18-14/h4-8,12H,1-3H3,(H3,16,19,20,21). The molecular weight excluding hydrogens is 300 g/mol. The van der Waals surface area contributed by atoms with Gasteiger partial charge in [0.15, 0.2) is 0 Å². The first-order valence-electron chi connectivity index (χ1n) is 6.89. The first-order chi connectivity index (χ1) is 10.4. The molecular formula is C15H18N4O2S. The fourth-order valence-electron chi connectivity index (χ4n) is 2.05. The summed E-state index contributed by atoms with van der Waals surface area (Å²) in [5, 5.41) is 3.28. The van der Waals surface area contributed by atoms with Crippen molar-refractivity contribution < 1.29 is 9.59 Å². The Morgan fingerprint density at radius 3 is 2.55 bits per heavy atom. The molecule has 7 heteroatoms. The number of nitrogens with two attached hydrogens (primary N) is 1. The molecule has 3 amide bonds. The first kappa shape index (κ1) is 16.2. The number of thioether (sulfide) groups is 1. The van der Waals surface area contributed by atoms with Crippen molar-refractivity contribution in [2.75, 3.05) is 0 Å². The van der Waals surface area contributed by atoms with Crippen molar-refractivity contribution in [1.29, 1.82) is 0 Å². The van der Waals surface area contributed by atoms with Crippen LogP contribution in [0.3, 0.4) is 0 Å². The number of carbonyl (C=O) groups excluding carboxylic acids is 2. The number of urea groups is 1. The Bertz CT molecular complexity index is 718. The first-order valence-corrected chi connectivity index (χ1v) is 7.76. The second kappa shape index (κ2) is 6.74. The number of nitrogens with zero attached hydrogens (tertiary/aromatic N) is 2. The summed E-state index contributed by atoms with van der Waals surface area (Å²) >= 11 is 1.32. The van der Waals surface area contributed by atoms with Crippen molar-refractivity contribution in [3.8, 4) is 0 Å². The molecule has 0 saturated carbocycles. The quantitative estimate of drug-likeness (QED) is 0.665. The molecule has 1 unspecified atom stereocenters. The zero-order valence-electron chi connectivity index (χ0n) is 12.7. The lowest BCUT2D eigenvalue weighted by atomic mass is 10.1. The molecule has 0 saturated heterocycles. The summed E-state index contributed by atoms with van der Waals surface area (Å²) in [4.78, 5) is 31.9. The molecule has 22 heavy (non-hydrogen) atoms. The van der Waals surface area contributed by atoms with E-state index in [4.69, 9.17) is 5.73 Å². The molecule has 0 spiro atoms. The van der Waals surface area contributed by atoms with E-state index in [-0.39, 0.29) is 5.92 Å². The van der Waals surface area contributed by atoms with Crippen molar-refractivity contribution >= 4 is 34.6 Å². The summed E-state index contributed by atoms with van der Waals surface area (Å²) in [5.74, 6) is 0.241. The highest BCUT2D eigenvalue weighted by atomic mass is 32.2. The van der Waals surface area contributed by atoms with E-state index in [9.17, 15) is 9.59 Å². The van der Waals surface area contributed by atoms with E-state index >= 15 is 0 Å². The maximum absolute atomic E-state index is 12.1. The maximum atomic E-state index is 12.1. The molecule has 0 fully saturated rings. The minimum atomic E-state index is -0.847. The van der Waals surface area contributed by atoms with E-state index in [0.29, 0.717) is 5.82 Å². The number of imide groups is 1. The number of para-hydroxylation sites is 1. The monoisotopic (exact) mass is 318 g/mol. The smallest absolute Gasteiger partial charge is 0.318 e. The number of aryl methyl sites for hydroxylation is 1. The highest BCUT2D eigenvalue weighted by Crippen LogP contribution is 2.31. The molecule has 0 radical (unpaired) electrons. The predicted molar refractivity (Wildman–Crippen MR) is 86.5 cm³/mol. The van der Waals surface area contributed by atoms with Gasteiger partial charge in [0.2, 0.25) is 5.91 Å². The SMILES string of the molecule is Cc1nc(SC(C(=O)NC(N)=O)C(C)C)c2ccccc2n1. The van der Waals surface area contributed by atoms with Crippen molar-refractivity contribution in [3.63, 3.8) is 0 Å². The fourth-order valence-corrected chi connectivity index (χ4v) is 3.22. The van der Waals surface area contributed by atoms with Crippen LogP contribution in [0.25, 0.3) is 10.9 Å². The summed E-state index contributed by atoms with van der Waals surface area (Å²) in [5.41, 5.74) is 5.86. The van der Waals surface area contributed by atoms with Gasteiger partial charge in [-0.05, 0) is 18.9 Å². The van der Waals surface area contributed by atoms with Crippen LogP contribution in [0, 0.1) is 12.8 Å². The van der Waals surface area contributed by atoms with Gasteiger partial charge in [0.25, 0.3) is 0 Å². The molecule has 2 aromatic rings. The third-order valence-electron chi connectivity index (χ3n) is 3.03. The molecule has 1 heterocycles. The van der Waals surface area contributed by atoms with Gasteiger partial charge in [-0.3, -0.25) is 10.1 Å². The number of aromatic nitrogens is 2. The van der Waals surface area contributed by atoms with E-state index < -0.39 is 17.2 Å². The van der Waals surface area contributed by atoms with E-state index in [2.05, 4.69) is 15.3 Å². The van der Waals surface area contributed by atoms with Crippen LogP contribution in [0.1, 0.15) is 19.7 Å². The lowest BCUT2D eigenvalue weighted by Gasteiger charge is -2.19. The molecule has 0 bridgehead atoms. The number of fused-ring (bicyclic) bond motifs is 1. The van der Waals surface area contributed by atoms with Crippen molar-refractivity contribution in [1.82, 2.24) is 15.3 Å². The van der Waals surface area contributed by atoms with Gasteiger partial charge in [0.1, 0.15) is 10.9 Å². The predicted octanol–water partition coefficient (Wildman–Crippen LogP) is 2.25. The summed E-state index contributed by atoms with van der Waals surface area (Å²) in [6, 6.07) is 6.78.